The first-order valence-corrected chi connectivity index (χ1v) is 8.45. The van der Waals surface area contributed by atoms with Crippen molar-refractivity contribution >= 4 is 11.6 Å². The lowest BCUT2D eigenvalue weighted by Crippen LogP contribution is -2.33. The second-order valence-corrected chi connectivity index (χ2v) is 6.04. The number of nitrogens with zero attached hydrogens (tertiary/aromatic N) is 1. The molecule has 2 N–H and O–H groups in total. The molecule has 0 aromatic heterocycles. The summed E-state index contributed by atoms with van der Waals surface area (Å²) in [7, 11) is 0. The van der Waals surface area contributed by atoms with E-state index in [1.165, 1.54) is 5.56 Å². The van der Waals surface area contributed by atoms with E-state index in [2.05, 4.69) is 12.1 Å². The van der Waals surface area contributed by atoms with E-state index in [-0.39, 0.29) is 5.91 Å². The number of hydrogen-bond acceptors (Lipinski definition) is 2. The highest BCUT2D eigenvalue weighted by Crippen LogP contribution is 2.16. The Morgan fingerprint density at radius 1 is 0.760 bits per heavy atom. The van der Waals surface area contributed by atoms with Gasteiger partial charge in [-0.2, -0.15) is 0 Å². The third-order valence-electron chi connectivity index (χ3n) is 4.21. The van der Waals surface area contributed by atoms with Gasteiger partial charge in [-0.15, -0.1) is 0 Å². The highest BCUT2D eigenvalue weighted by molar-refractivity contribution is 5.99. The molecule has 3 aromatic rings. The number of carbonyl (C=O) groups is 1. The van der Waals surface area contributed by atoms with E-state index in [0.29, 0.717) is 24.3 Å². The maximum absolute atomic E-state index is 13.0. The summed E-state index contributed by atoms with van der Waals surface area (Å²) in [5.41, 5.74) is 9.42. The van der Waals surface area contributed by atoms with Gasteiger partial charge in [-0.1, -0.05) is 72.8 Å². The lowest BCUT2D eigenvalue weighted by Gasteiger charge is -2.24. The minimum absolute atomic E-state index is 0.0297. The fourth-order valence-electron chi connectivity index (χ4n) is 2.83. The van der Waals surface area contributed by atoms with Gasteiger partial charge >= 0.3 is 0 Å². The van der Waals surface area contributed by atoms with Crippen molar-refractivity contribution in [3.05, 3.63) is 102 Å². The zero-order valence-corrected chi connectivity index (χ0v) is 14.1. The number of amides is 1. The number of para-hydroxylation sites is 1. The zero-order valence-electron chi connectivity index (χ0n) is 14.1. The lowest BCUT2D eigenvalue weighted by atomic mass is 10.1. The molecule has 0 saturated carbocycles. The van der Waals surface area contributed by atoms with Crippen LogP contribution in [0.25, 0.3) is 0 Å². The minimum atomic E-state index is -0.0297. The molecule has 0 radical (unpaired) electrons. The second-order valence-electron chi connectivity index (χ2n) is 6.04. The first kappa shape index (κ1) is 16.8. The molecule has 0 bridgehead atoms. The number of hydrogen-bond donors (Lipinski definition) is 1. The van der Waals surface area contributed by atoms with Gasteiger partial charge in [0.05, 0.1) is 5.56 Å². The highest BCUT2D eigenvalue weighted by atomic mass is 16.2. The van der Waals surface area contributed by atoms with E-state index in [1.807, 2.05) is 65.6 Å². The standard InChI is InChI=1S/C22H22N2O/c23-21-14-8-7-13-20(21)22(25)24(17-19-11-5-2-6-12-19)16-15-18-9-3-1-4-10-18/h1-14H,15-17,23H2. The number of rotatable bonds is 6. The zero-order chi connectivity index (χ0) is 17.5. The molecule has 25 heavy (non-hydrogen) atoms. The molecular formula is C22H22N2O. The molecular weight excluding hydrogens is 308 g/mol. The Morgan fingerprint density at radius 2 is 1.32 bits per heavy atom. The van der Waals surface area contributed by atoms with Crippen LogP contribution in [0.15, 0.2) is 84.9 Å². The summed E-state index contributed by atoms with van der Waals surface area (Å²) in [6.07, 6.45) is 0.812. The number of nitrogen functional groups attached to an aromatic ring is 1. The van der Waals surface area contributed by atoms with Gasteiger partial charge in [-0.25, -0.2) is 0 Å². The van der Waals surface area contributed by atoms with Gasteiger partial charge in [0.25, 0.3) is 5.91 Å². The Hall–Kier alpha value is -3.07. The van der Waals surface area contributed by atoms with E-state index in [9.17, 15) is 4.79 Å². The third-order valence-corrected chi connectivity index (χ3v) is 4.21. The lowest BCUT2D eigenvalue weighted by molar-refractivity contribution is 0.0746. The molecule has 0 heterocycles. The predicted molar refractivity (Wildman–Crippen MR) is 102 cm³/mol. The van der Waals surface area contributed by atoms with Crippen LogP contribution in [0.2, 0.25) is 0 Å². The number of carbonyl (C=O) groups excluding carboxylic acids is 1. The Balaban J connectivity index is 1.80. The molecule has 0 fully saturated rings. The highest BCUT2D eigenvalue weighted by Gasteiger charge is 2.18. The number of benzene rings is 3. The fraction of sp³-hybridized carbons (Fsp3) is 0.136. The van der Waals surface area contributed by atoms with Crippen LogP contribution in [0.4, 0.5) is 5.69 Å². The summed E-state index contributed by atoms with van der Waals surface area (Å²) in [5, 5.41) is 0. The number of anilines is 1. The first-order chi connectivity index (χ1) is 12.2. The quantitative estimate of drug-likeness (QED) is 0.690. The Labute approximate surface area is 148 Å². The third kappa shape index (κ3) is 4.48. The summed E-state index contributed by atoms with van der Waals surface area (Å²) in [6, 6.07) is 27.5. The SMILES string of the molecule is Nc1ccccc1C(=O)N(CCc1ccccc1)Cc1ccccc1. The molecule has 0 unspecified atom stereocenters. The van der Waals surface area contributed by atoms with Gasteiger partial charge in [0.1, 0.15) is 0 Å². The maximum atomic E-state index is 13.0. The molecule has 3 aromatic carbocycles. The molecule has 0 saturated heterocycles. The smallest absolute Gasteiger partial charge is 0.256 e. The van der Waals surface area contributed by atoms with Gasteiger partial charge in [0, 0.05) is 18.8 Å². The Bertz CT molecular complexity index is 816. The molecule has 0 aliphatic carbocycles. The van der Waals surface area contributed by atoms with Crippen LogP contribution in [-0.2, 0) is 13.0 Å². The summed E-state index contributed by atoms with van der Waals surface area (Å²) in [5.74, 6) is -0.0297. The van der Waals surface area contributed by atoms with Crippen molar-refractivity contribution in [3.63, 3.8) is 0 Å². The van der Waals surface area contributed by atoms with Crippen LogP contribution in [0.5, 0.6) is 0 Å². The molecule has 126 valence electrons. The van der Waals surface area contributed by atoms with Crippen LogP contribution in [0.1, 0.15) is 21.5 Å². The summed E-state index contributed by atoms with van der Waals surface area (Å²) < 4.78 is 0. The van der Waals surface area contributed by atoms with Crippen molar-refractivity contribution in [1.82, 2.24) is 4.90 Å². The maximum Gasteiger partial charge on any atom is 0.256 e. The Kier molecular flexibility index (Phi) is 5.47. The van der Waals surface area contributed by atoms with E-state index in [1.54, 1.807) is 12.1 Å². The average Bonchev–Trinajstić information content (AvgIpc) is 2.66. The van der Waals surface area contributed by atoms with E-state index < -0.39 is 0 Å². The normalized spacial score (nSPS) is 10.4. The van der Waals surface area contributed by atoms with Crippen LogP contribution in [0, 0.1) is 0 Å². The molecule has 0 aliphatic rings. The van der Waals surface area contributed by atoms with Gasteiger partial charge in [-0.05, 0) is 29.7 Å². The van der Waals surface area contributed by atoms with Crippen molar-refractivity contribution in [2.24, 2.45) is 0 Å². The molecule has 0 atom stereocenters. The molecule has 3 rings (SSSR count). The Morgan fingerprint density at radius 3 is 1.96 bits per heavy atom. The molecule has 3 heteroatoms. The number of nitrogens with two attached hydrogens (primary N) is 1. The summed E-state index contributed by atoms with van der Waals surface area (Å²) in [4.78, 5) is 14.9. The van der Waals surface area contributed by atoms with Gasteiger partial charge in [0.15, 0.2) is 0 Å². The molecule has 0 spiro atoms. The van der Waals surface area contributed by atoms with Crippen LogP contribution >= 0.6 is 0 Å². The molecule has 0 aliphatic heterocycles. The molecule has 3 nitrogen and oxygen atoms in total. The minimum Gasteiger partial charge on any atom is -0.398 e. The summed E-state index contributed by atoms with van der Waals surface area (Å²) >= 11 is 0. The van der Waals surface area contributed by atoms with Crippen molar-refractivity contribution in [1.29, 1.82) is 0 Å². The van der Waals surface area contributed by atoms with Gasteiger partial charge in [0.2, 0.25) is 0 Å². The van der Waals surface area contributed by atoms with E-state index in [0.717, 1.165) is 12.0 Å². The van der Waals surface area contributed by atoms with Crippen molar-refractivity contribution in [2.45, 2.75) is 13.0 Å². The van der Waals surface area contributed by atoms with Gasteiger partial charge in [-0.3, -0.25) is 4.79 Å². The summed E-state index contributed by atoms with van der Waals surface area (Å²) in [6.45, 7) is 1.22. The fourth-order valence-corrected chi connectivity index (χ4v) is 2.83. The van der Waals surface area contributed by atoms with Crippen molar-refractivity contribution in [2.75, 3.05) is 12.3 Å². The largest absolute Gasteiger partial charge is 0.398 e. The van der Waals surface area contributed by atoms with E-state index in [4.69, 9.17) is 5.73 Å². The topological polar surface area (TPSA) is 46.3 Å². The van der Waals surface area contributed by atoms with Gasteiger partial charge < -0.3 is 10.6 Å². The first-order valence-electron chi connectivity index (χ1n) is 8.45. The molecule has 1 amide bonds. The predicted octanol–water partition coefficient (Wildman–Crippen LogP) is 4.15. The van der Waals surface area contributed by atoms with Crippen LogP contribution < -0.4 is 5.73 Å². The van der Waals surface area contributed by atoms with Crippen LogP contribution in [0.3, 0.4) is 0 Å². The van der Waals surface area contributed by atoms with Crippen molar-refractivity contribution in [3.8, 4) is 0 Å². The monoisotopic (exact) mass is 330 g/mol. The second kappa shape index (κ2) is 8.15. The average molecular weight is 330 g/mol. The van der Waals surface area contributed by atoms with E-state index >= 15 is 0 Å². The van der Waals surface area contributed by atoms with Crippen LogP contribution in [-0.4, -0.2) is 17.4 Å². The van der Waals surface area contributed by atoms with Crippen molar-refractivity contribution < 1.29 is 4.79 Å².